The molecule has 0 aliphatic rings. The predicted molar refractivity (Wildman–Crippen MR) is 77.3 cm³/mol. The first-order valence-corrected chi connectivity index (χ1v) is 6.73. The third-order valence-corrected chi connectivity index (χ3v) is 3.19. The Kier molecular flexibility index (Phi) is 3.33. The number of H-pyrrole nitrogens is 2. The molecule has 0 fully saturated rings. The second-order valence-electron chi connectivity index (χ2n) is 5.13. The molecule has 0 saturated heterocycles. The van der Waals surface area contributed by atoms with E-state index in [4.69, 9.17) is 0 Å². The van der Waals surface area contributed by atoms with Gasteiger partial charge in [-0.15, -0.1) is 0 Å². The van der Waals surface area contributed by atoms with Crippen LogP contribution in [0.4, 0.5) is 0 Å². The zero-order valence-electron chi connectivity index (χ0n) is 11.6. The lowest BCUT2D eigenvalue weighted by Crippen LogP contribution is -1.90. The van der Waals surface area contributed by atoms with Crippen molar-refractivity contribution >= 4 is 0 Å². The van der Waals surface area contributed by atoms with Crippen LogP contribution in [0.3, 0.4) is 0 Å². The maximum atomic E-state index is 4.50. The van der Waals surface area contributed by atoms with Gasteiger partial charge in [-0.05, 0) is 17.5 Å². The van der Waals surface area contributed by atoms with Gasteiger partial charge in [0.2, 0.25) is 5.82 Å². The quantitative estimate of drug-likeness (QED) is 0.763. The van der Waals surface area contributed by atoms with Gasteiger partial charge >= 0.3 is 0 Å². The summed E-state index contributed by atoms with van der Waals surface area (Å²) in [6.07, 6.45) is 0.745. The van der Waals surface area contributed by atoms with Gasteiger partial charge in [-0.1, -0.05) is 44.2 Å². The first kappa shape index (κ1) is 12.6. The van der Waals surface area contributed by atoms with Crippen LogP contribution in [0.5, 0.6) is 0 Å². The highest BCUT2D eigenvalue weighted by molar-refractivity contribution is 5.49. The summed E-state index contributed by atoms with van der Waals surface area (Å²) in [5.74, 6) is 1.90. The van der Waals surface area contributed by atoms with Crippen LogP contribution >= 0.6 is 0 Å². The van der Waals surface area contributed by atoms with E-state index in [9.17, 15) is 0 Å². The van der Waals surface area contributed by atoms with Crippen LogP contribution in [0.1, 0.15) is 36.8 Å². The fourth-order valence-corrected chi connectivity index (χ4v) is 2.03. The standard InChI is InChI=1S/C15H17N5/c1-10(2)12-9-13(18-17-12)15-16-14(19-20-15)8-11-6-4-3-5-7-11/h3-7,9-10H,8H2,1-2H3,(H,17,18)(H,16,19,20). The minimum atomic E-state index is 0.416. The van der Waals surface area contributed by atoms with Gasteiger partial charge in [0.15, 0.2) is 0 Å². The van der Waals surface area contributed by atoms with Crippen molar-refractivity contribution in [1.82, 2.24) is 25.4 Å². The molecule has 0 saturated carbocycles. The van der Waals surface area contributed by atoms with Crippen LogP contribution in [-0.4, -0.2) is 25.4 Å². The largest absolute Gasteiger partial charge is 0.282 e. The van der Waals surface area contributed by atoms with E-state index >= 15 is 0 Å². The number of nitrogens with zero attached hydrogens (tertiary/aromatic N) is 3. The molecule has 0 radical (unpaired) electrons. The van der Waals surface area contributed by atoms with E-state index in [1.165, 1.54) is 5.56 Å². The van der Waals surface area contributed by atoms with Crippen LogP contribution in [0.2, 0.25) is 0 Å². The Morgan fingerprint density at radius 1 is 1.05 bits per heavy atom. The third kappa shape index (κ3) is 2.61. The number of hydrogen-bond donors (Lipinski definition) is 2. The van der Waals surface area contributed by atoms with E-state index in [2.05, 4.69) is 51.4 Å². The topological polar surface area (TPSA) is 70.2 Å². The van der Waals surface area contributed by atoms with E-state index in [-0.39, 0.29) is 0 Å². The Morgan fingerprint density at radius 2 is 1.85 bits per heavy atom. The molecule has 0 aliphatic carbocycles. The first-order chi connectivity index (χ1) is 9.72. The summed E-state index contributed by atoms with van der Waals surface area (Å²) < 4.78 is 0. The summed E-state index contributed by atoms with van der Waals surface area (Å²) >= 11 is 0. The zero-order chi connectivity index (χ0) is 13.9. The van der Waals surface area contributed by atoms with Crippen LogP contribution in [0.15, 0.2) is 36.4 Å². The summed E-state index contributed by atoms with van der Waals surface area (Å²) in [6.45, 7) is 4.24. The van der Waals surface area contributed by atoms with Crippen molar-refractivity contribution in [2.75, 3.05) is 0 Å². The minimum Gasteiger partial charge on any atom is -0.282 e. The molecule has 2 heterocycles. The number of aromatic nitrogens is 5. The Bertz CT molecular complexity index is 681. The number of benzene rings is 1. The molecule has 0 atom stereocenters. The van der Waals surface area contributed by atoms with E-state index < -0.39 is 0 Å². The van der Waals surface area contributed by atoms with Crippen LogP contribution in [0.25, 0.3) is 11.5 Å². The molecule has 0 amide bonds. The summed E-state index contributed by atoms with van der Waals surface area (Å²) in [5.41, 5.74) is 3.08. The van der Waals surface area contributed by atoms with Crippen molar-refractivity contribution in [3.63, 3.8) is 0 Å². The van der Waals surface area contributed by atoms with Crippen molar-refractivity contribution in [3.8, 4) is 11.5 Å². The normalized spacial score (nSPS) is 11.2. The van der Waals surface area contributed by atoms with E-state index in [1.807, 2.05) is 24.3 Å². The fraction of sp³-hybridized carbons (Fsp3) is 0.267. The van der Waals surface area contributed by atoms with Gasteiger partial charge in [-0.2, -0.15) is 10.2 Å². The zero-order valence-corrected chi connectivity index (χ0v) is 11.6. The van der Waals surface area contributed by atoms with Crippen molar-refractivity contribution in [2.24, 2.45) is 0 Å². The maximum absolute atomic E-state index is 4.50. The van der Waals surface area contributed by atoms with Crippen molar-refractivity contribution < 1.29 is 0 Å². The average Bonchev–Trinajstić information content (AvgIpc) is 3.08. The van der Waals surface area contributed by atoms with Gasteiger partial charge in [0.25, 0.3) is 0 Å². The van der Waals surface area contributed by atoms with E-state index in [1.54, 1.807) is 0 Å². The summed E-state index contributed by atoms with van der Waals surface area (Å²) in [5, 5.41) is 14.5. The van der Waals surface area contributed by atoms with Crippen LogP contribution in [0, 0.1) is 0 Å². The molecule has 0 bridgehead atoms. The van der Waals surface area contributed by atoms with Crippen molar-refractivity contribution in [2.45, 2.75) is 26.2 Å². The molecule has 0 spiro atoms. The Hall–Kier alpha value is -2.43. The molecular formula is C15H17N5. The minimum absolute atomic E-state index is 0.416. The molecule has 0 aliphatic heterocycles. The van der Waals surface area contributed by atoms with E-state index in [0.717, 1.165) is 23.6 Å². The smallest absolute Gasteiger partial charge is 0.201 e. The van der Waals surface area contributed by atoms with Crippen LogP contribution in [-0.2, 0) is 6.42 Å². The molecule has 20 heavy (non-hydrogen) atoms. The molecule has 2 aromatic heterocycles. The average molecular weight is 267 g/mol. The number of nitrogens with one attached hydrogen (secondary N) is 2. The van der Waals surface area contributed by atoms with Crippen LogP contribution < -0.4 is 0 Å². The highest BCUT2D eigenvalue weighted by atomic mass is 15.2. The number of aromatic amines is 2. The number of rotatable bonds is 4. The summed E-state index contributed by atoms with van der Waals surface area (Å²) in [7, 11) is 0. The van der Waals surface area contributed by atoms with Gasteiger partial charge in [-0.3, -0.25) is 10.2 Å². The van der Waals surface area contributed by atoms with Gasteiger partial charge in [-0.25, -0.2) is 4.98 Å². The molecule has 3 aromatic rings. The lowest BCUT2D eigenvalue weighted by Gasteiger charge is -1.96. The van der Waals surface area contributed by atoms with Crippen molar-refractivity contribution in [1.29, 1.82) is 0 Å². The molecule has 5 heteroatoms. The fourth-order valence-electron chi connectivity index (χ4n) is 2.03. The molecule has 5 nitrogen and oxygen atoms in total. The molecular weight excluding hydrogens is 250 g/mol. The van der Waals surface area contributed by atoms with Gasteiger partial charge in [0, 0.05) is 12.1 Å². The monoisotopic (exact) mass is 267 g/mol. The molecule has 0 unspecified atom stereocenters. The first-order valence-electron chi connectivity index (χ1n) is 6.73. The van der Waals surface area contributed by atoms with Gasteiger partial charge < -0.3 is 0 Å². The number of hydrogen-bond acceptors (Lipinski definition) is 3. The molecule has 2 N–H and O–H groups in total. The molecule has 3 rings (SSSR count). The van der Waals surface area contributed by atoms with Gasteiger partial charge in [0.05, 0.1) is 0 Å². The highest BCUT2D eigenvalue weighted by Crippen LogP contribution is 2.18. The maximum Gasteiger partial charge on any atom is 0.201 e. The highest BCUT2D eigenvalue weighted by Gasteiger charge is 2.11. The summed E-state index contributed by atoms with van der Waals surface area (Å²) in [4.78, 5) is 4.50. The SMILES string of the molecule is CC(C)c1cc(-c2n[nH]c(Cc3ccccc3)n2)n[nH]1. The lowest BCUT2D eigenvalue weighted by atomic mass is 10.1. The Balaban J connectivity index is 1.79. The summed E-state index contributed by atoms with van der Waals surface area (Å²) in [6, 6.07) is 12.2. The van der Waals surface area contributed by atoms with Crippen molar-refractivity contribution in [3.05, 3.63) is 53.5 Å². The third-order valence-electron chi connectivity index (χ3n) is 3.19. The Morgan fingerprint density at radius 3 is 2.55 bits per heavy atom. The lowest BCUT2D eigenvalue weighted by molar-refractivity contribution is 0.810. The second-order valence-corrected chi connectivity index (χ2v) is 5.13. The molecule has 102 valence electrons. The molecule has 1 aromatic carbocycles. The van der Waals surface area contributed by atoms with Gasteiger partial charge in [0.1, 0.15) is 11.5 Å². The second kappa shape index (κ2) is 5.28. The van der Waals surface area contributed by atoms with E-state index in [0.29, 0.717) is 11.7 Å². The predicted octanol–water partition coefficient (Wildman–Crippen LogP) is 2.91. The Labute approximate surface area is 117 Å².